The highest BCUT2D eigenvalue weighted by Gasteiger charge is 2.33. The molecule has 0 aliphatic carbocycles. The van der Waals surface area contributed by atoms with Crippen LogP contribution in [0.5, 0.6) is 0 Å². The number of rotatable bonds is 3. The Bertz CT molecular complexity index is 471. The van der Waals surface area contributed by atoms with E-state index >= 15 is 0 Å². The van der Waals surface area contributed by atoms with Crippen LogP contribution >= 0.6 is 0 Å². The lowest BCUT2D eigenvalue weighted by atomic mass is 10.1. The Hall–Kier alpha value is -1.62. The van der Waals surface area contributed by atoms with Crippen molar-refractivity contribution in [2.24, 2.45) is 0 Å². The van der Waals surface area contributed by atoms with E-state index < -0.39 is 0 Å². The minimum absolute atomic E-state index is 0.114. The van der Waals surface area contributed by atoms with E-state index in [1.807, 2.05) is 9.80 Å². The van der Waals surface area contributed by atoms with Gasteiger partial charge in [-0.2, -0.15) is 0 Å². The fourth-order valence-electron chi connectivity index (χ4n) is 3.00. The Labute approximate surface area is 118 Å². The van der Waals surface area contributed by atoms with Crippen LogP contribution in [0.15, 0.2) is 24.3 Å². The molecule has 1 unspecified atom stereocenters. The summed E-state index contributed by atoms with van der Waals surface area (Å²) in [6.07, 6.45) is 2.22. The predicted molar refractivity (Wildman–Crippen MR) is 74.8 cm³/mol. The normalized spacial score (nSPS) is 23.4. The van der Waals surface area contributed by atoms with E-state index in [4.69, 9.17) is 0 Å². The highest BCUT2D eigenvalue weighted by atomic mass is 19.1. The van der Waals surface area contributed by atoms with Gasteiger partial charge in [-0.25, -0.2) is 9.18 Å². The van der Waals surface area contributed by atoms with Gasteiger partial charge in [0.05, 0.1) is 0 Å². The van der Waals surface area contributed by atoms with Crippen LogP contribution in [-0.4, -0.2) is 48.1 Å². The zero-order valence-corrected chi connectivity index (χ0v) is 11.5. The quantitative estimate of drug-likeness (QED) is 0.914. The number of nitrogens with one attached hydrogen (secondary N) is 1. The van der Waals surface area contributed by atoms with Gasteiger partial charge >= 0.3 is 6.03 Å². The largest absolute Gasteiger partial charge is 0.320 e. The van der Waals surface area contributed by atoms with E-state index in [1.54, 1.807) is 12.1 Å². The molecule has 5 heteroatoms. The van der Waals surface area contributed by atoms with Crippen molar-refractivity contribution in [2.75, 3.05) is 26.2 Å². The molecule has 0 radical (unpaired) electrons. The van der Waals surface area contributed by atoms with Gasteiger partial charge in [0, 0.05) is 32.2 Å². The molecule has 108 valence electrons. The smallest absolute Gasteiger partial charge is 0.319 e. The first-order chi connectivity index (χ1) is 9.74. The van der Waals surface area contributed by atoms with Crippen molar-refractivity contribution < 1.29 is 9.18 Å². The number of urea groups is 1. The molecule has 2 fully saturated rings. The molecule has 0 saturated carbocycles. The molecule has 2 aliphatic rings. The first kappa shape index (κ1) is 13.4. The molecule has 20 heavy (non-hydrogen) atoms. The zero-order valence-electron chi connectivity index (χ0n) is 11.5. The molecular weight excluding hydrogens is 257 g/mol. The molecule has 0 bridgehead atoms. The molecule has 1 atom stereocenters. The van der Waals surface area contributed by atoms with Crippen molar-refractivity contribution in [3.05, 3.63) is 35.6 Å². The summed E-state index contributed by atoms with van der Waals surface area (Å²) < 4.78 is 12.9. The van der Waals surface area contributed by atoms with Gasteiger partial charge in [0.15, 0.2) is 0 Å². The Morgan fingerprint density at radius 3 is 2.75 bits per heavy atom. The van der Waals surface area contributed by atoms with Crippen molar-refractivity contribution in [2.45, 2.75) is 25.4 Å². The van der Waals surface area contributed by atoms with E-state index in [2.05, 4.69) is 5.32 Å². The number of nitrogens with zero attached hydrogens (tertiary/aromatic N) is 2. The lowest BCUT2D eigenvalue weighted by Crippen LogP contribution is -2.47. The molecule has 1 aromatic carbocycles. The average molecular weight is 277 g/mol. The van der Waals surface area contributed by atoms with Gasteiger partial charge in [0.25, 0.3) is 0 Å². The average Bonchev–Trinajstić information content (AvgIpc) is 2.84. The van der Waals surface area contributed by atoms with Crippen LogP contribution in [0.3, 0.4) is 0 Å². The fraction of sp³-hybridized carbons (Fsp3) is 0.533. The summed E-state index contributed by atoms with van der Waals surface area (Å²) in [6, 6.07) is 6.82. The minimum atomic E-state index is -0.239. The van der Waals surface area contributed by atoms with Gasteiger partial charge in [-0.05, 0) is 37.1 Å². The Morgan fingerprint density at radius 1 is 1.25 bits per heavy atom. The standard InChI is InChI=1S/C15H20FN3O/c16-13-5-3-12(4-6-13)11-18-8-9-19(15(18)20)14-2-1-7-17-10-14/h3-6,14,17H,1-2,7-11H2. The molecule has 1 aromatic rings. The predicted octanol–water partition coefficient (Wildman–Crippen LogP) is 1.82. The van der Waals surface area contributed by atoms with Crippen molar-refractivity contribution in [3.63, 3.8) is 0 Å². The maximum absolute atomic E-state index is 12.9. The third-order valence-electron chi connectivity index (χ3n) is 4.13. The second kappa shape index (κ2) is 5.79. The van der Waals surface area contributed by atoms with Crippen molar-refractivity contribution in [3.8, 4) is 0 Å². The lowest BCUT2D eigenvalue weighted by Gasteiger charge is -2.31. The number of amides is 2. The number of piperidine rings is 1. The van der Waals surface area contributed by atoms with Crippen LogP contribution < -0.4 is 5.32 Å². The number of carbonyl (C=O) groups excluding carboxylic acids is 1. The monoisotopic (exact) mass is 277 g/mol. The van der Waals surface area contributed by atoms with E-state index in [0.29, 0.717) is 12.6 Å². The molecule has 0 aromatic heterocycles. The van der Waals surface area contributed by atoms with E-state index in [-0.39, 0.29) is 11.8 Å². The van der Waals surface area contributed by atoms with Crippen LogP contribution in [0.1, 0.15) is 18.4 Å². The maximum atomic E-state index is 12.9. The summed E-state index contributed by atoms with van der Waals surface area (Å²) >= 11 is 0. The summed E-state index contributed by atoms with van der Waals surface area (Å²) in [5, 5.41) is 3.35. The van der Waals surface area contributed by atoms with Crippen LogP contribution in [0, 0.1) is 5.82 Å². The second-order valence-electron chi connectivity index (χ2n) is 5.52. The highest BCUT2D eigenvalue weighted by molar-refractivity contribution is 5.77. The molecule has 4 nitrogen and oxygen atoms in total. The summed E-state index contributed by atoms with van der Waals surface area (Å²) in [7, 11) is 0. The molecule has 2 aliphatic heterocycles. The molecule has 0 spiro atoms. The summed E-state index contributed by atoms with van der Waals surface area (Å²) in [5.74, 6) is -0.239. The number of hydrogen-bond acceptors (Lipinski definition) is 2. The Balaban J connectivity index is 1.61. The molecule has 2 heterocycles. The lowest BCUT2D eigenvalue weighted by molar-refractivity contribution is 0.166. The summed E-state index contributed by atoms with van der Waals surface area (Å²) in [6.45, 7) is 4.07. The first-order valence-corrected chi connectivity index (χ1v) is 7.25. The fourth-order valence-corrected chi connectivity index (χ4v) is 3.00. The Kier molecular flexibility index (Phi) is 3.87. The van der Waals surface area contributed by atoms with Crippen molar-refractivity contribution >= 4 is 6.03 Å². The topological polar surface area (TPSA) is 35.6 Å². The van der Waals surface area contributed by atoms with Crippen LogP contribution in [0.4, 0.5) is 9.18 Å². The van der Waals surface area contributed by atoms with Gasteiger partial charge in [0.2, 0.25) is 0 Å². The summed E-state index contributed by atoms with van der Waals surface area (Å²) in [5.41, 5.74) is 0.975. The molecule has 1 N–H and O–H groups in total. The molecular formula is C15H20FN3O. The molecule has 3 rings (SSSR count). The number of halogens is 1. The number of carbonyl (C=O) groups is 1. The first-order valence-electron chi connectivity index (χ1n) is 7.25. The van der Waals surface area contributed by atoms with Gasteiger partial charge in [-0.3, -0.25) is 0 Å². The third-order valence-corrected chi connectivity index (χ3v) is 4.13. The minimum Gasteiger partial charge on any atom is -0.319 e. The van der Waals surface area contributed by atoms with E-state index in [1.165, 1.54) is 12.1 Å². The van der Waals surface area contributed by atoms with Crippen LogP contribution in [0.2, 0.25) is 0 Å². The number of benzene rings is 1. The van der Waals surface area contributed by atoms with Crippen molar-refractivity contribution in [1.29, 1.82) is 0 Å². The van der Waals surface area contributed by atoms with Crippen LogP contribution in [-0.2, 0) is 6.54 Å². The molecule has 2 saturated heterocycles. The van der Waals surface area contributed by atoms with Gasteiger partial charge in [-0.15, -0.1) is 0 Å². The van der Waals surface area contributed by atoms with Crippen molar-refractivity contribution in [1.82, 2.24) is 15.1 Å². The summed E-state index contributed by atoms with van der Waals surface area (Å²) in [4.78, 5) is 16.3. The molecule has 2 amide bonds. The SMILES string of the molecule is O=C1N(Cc2ccc(F)cc2)CCN1C1CCCNC1. The van der Waals surface area contributed by atoms with Crippen LogP contribution in [0.25, 0.3) is 0 Å². The van der Waals surface area contributed by atoms with Gasteiger partial charge < -0.3 is 15.1 Å². The van der Waals surface area contributed by atoms with E-state index in [0.717, 1.165) is 44.6 Å². The maximum Gasteiger partial charge on any atom is 0.320 e. The zero-order chi connectivity index (χ0) is 13.9. The highest BCUT2D eigenvalue weighted by Crippen LogP contribution is 2.19. The van der Waals surface area contributed by atoms with E-state index in [9.17, 15) is 9.18 Å². The Morgan fingerprint density at radius 2 is 2.05 bits per heavy atom. The van der Waals surface area contributed by atoms with Gasteiger partial charge in [0.1, 0.15) is 5.82 Å². The number of hydrogen-bond donors (Lipinski definition) is 1. The van der Waals surface area contributed by atoms with Gasteiger partial charge in [-0.1, -0.05) is 12.1 Å². The third kappa shape index (κ3) is 2.77. The second-order valence-corrected chi connectivity index (χ2v) is 5.52.